The number of halogens is 2. The van der Waals surface area contributed by atoms with Gasteiger partial charge in [0.1, 0.15) is 5.82 Å². The van der Waals surface area contributed by atoms with E-state index >= 15 is 0 Å². The third-order valence-corrected chi connectivity index (χ3v) is 6.86. The van der Waals surface area contributed by atoms with Gasteiger partial charge in [-0.05, 0) is 41.8 Å². The number of anilines is 1. The molecule has 6 nitrogen and oxygen atoms in total. The van der Waals surface area contributed by atoms with E-state index in [2.05, 4.69) is 5.32 Å². The Kier molecular flexibility index (Phi) is 6.34. The van der Waals surface area contributed by atoms with Crippen molar-refractivity contribution in [3.63, 3.8) is 0 Å². The van der Waals surface area contributed by atoms with Gasteiger partial charge >= 0.3 is 0 Å². The molecule has 1 amide bonds. The summed E-state index contributed by atoms with van der Waals surface area (Å²) in [5, 5.41) is 2.88. The fourth-order valence-electron chi connectivity index (χ4n) is 2.96. The van der Waals surface area contributed by atoms with Crippen LogP contribution < -0.4 is 5.32 Å². The first-order valence-electron chi connectivity index (χ1n) is 8.87. The number of nitrogens with one attached hydrogen (secondary N) is 1. The van der Waals surface area contributed by atoms with Gasteiger partial charge in [-0.2, -0.15) is 17.0 Å². The van der Waals surface area contributed by atoms with Crippen LogP contribution in [0.2, 0.25) is 5.02 Å². The highest BCUT2D eigenvalue weighted by molar-refractivity contribution is 7.87. The Balaban J connectivity index is 1.62. The molecule has 1 heterocycles. The van der Waals surface area contributed by atoms with Crippen molar-refractivity contribution in [3.05, 3.63) is 64.4 Å². The summed E-state index contributed by atoms with van der Waals surface area (Å²) in [6.45, 7) is 2.22. The first-order chi connectivity index (χ1) is 13.3. The number of amides is 1. The monoisotopic (exact) mass is 425 g/mol. The molecule has 1 aliphatic heterocycles. The number of benzene rings is 2. The van der Waals surface area contributed by atoms with Crippen molar-refractivity contribution in [1.29, 1.82) is 0 Å². The number of aryl methyl sites for hydroxylation is 1. The molecule has 0 spiro atoms. The Hall–Kier alpha value is -2.00. The van der Waals surface area contributed by atoms with Crippen molar-refractivity contribution in [1.82, 2.24) is 8.61 Å². The lowest BCUT2D eigenvalue weighted by Gasteiger charge is -2.19. The Bertz CT molecular complexity index is 967. The largest absolute Gasteiger partial charge is 0.325 e. The summed E-state index contributed by atoms with van der Waals surface area (Å²) in [5.41, 5.74) is 2.28. The Morgan fingerprint density at radius 1 is 1.14 bits per heavy atom. The van der Waals surface area contributed by atoms with Gasteiger partial charge in [0, 0.05) is 30.3 Å². The van der Waals surface area contributed by atoms with E-state index in [1.807, 2.05) is 19.1 Å². The van der Waals surface area contributed by atoms with Gasteiger partial charge < -0.3 is 5.32 Å². The second-order valence-electron chi connectivity index (χ2n) is 6.51. The van der Waals surface area contributed by atoms with Gasteiger partial charge in [0.2, 0.25) is 5.91 Å². The number of rotatable bonds is 6. The fourth-order valence-corrected chi connectivity index (χ4v) is 4.72. The van der Waals surface area contributed by atoms with E-state index < -0.39 is 21.9 Å². The normalized spacial score (nSPS) is 17.0. The van der Waals surface area contributed by atoms with Crippen molar-refractivity contribution in [3.8, 4) is 0 Å². The molecule has 0 aliphatic carbocycles. The quantitative estimate of drug-likeness (QED) is 0.773. The maximum atomic E-state index is 13.2. The van der Waals surface area contributed by atoms with Crippen LogP contribution in [-0.4, -0.2) is 42.6 Å². The lowest BCUT2D eigenvalue weighted by molar-refractivity contribution is -0.116. The number of hydrogen-bond acceptors (Lipinski definition) is 3. The summed E-state index contributed by atoms with van der Waals surface area (Å²) in [6.07, 6.45) is 0.897. The summed E-state index contributed by atoms with van der Waals surface area (Å²) in [4.78, 5) is 12.3. The van der Waals surface area contributed by atoms with Crippen LogP contribution in [0.1, 0.15) is 18.1 Å². The third-order valence-electron chi connectivity index (χ3n) is 4.58. The topological polar surface area (TPSA) is 69.7 Å². The molecule has 1 N–H and O–H groups in total. The zero-order chi connectivity index (χ0) is 20.3. The molecular weight excluding hydrogens is 405 g/mol. The van der Waals surface area contributed by atoms with Crippen molar-refractivity contribution in [2.24, 2.45) is 0 Å². The predicted molar refractivity (Wildman–Crippen MR) is 107 cm³/mol. The van der Waals surface area contributed by atoms with Crippen molar-refractivity contribution in [2.75, 3.05) is 25.0 Å². The van der Waals surface area contributed by atoms with E-state index in [0.29, 0.717) is 11.3 Å². The molecule has 3 rings (SSSR count). The predicted octanol–water partition coefficient (Wildman–Crippen LogP) is 3.04. The maximum Gasteiger partial charge on any atom is 0.282 e. The van der Waals surface area contributed by atoms with E-state index in [4.69, 9.17) is 11.6 Å². The van der Waals surface area contributed by atoms with E-state index in [0.717, 1.165) is 22.4 Å². The molecule has 0 aromatic heterocycles. The first-order valence-corrected chi connectivity index (χ1v) is 10.6. The van der Waals surface area contributed by atoms with Gasteiger partial charge in [-0.3, -0.25) is 4.79 Å². The minimum absolute atomic E-state index is 0.0258. The molecule has 0 radical (unpaired) electrons. The second kappa shape index (κ2) is 8.57. The minimum atomic E-state index is -3.80. The molecule has 0 bridgehead atoms. The molecule has 2 aromatic rings. The van der Waals surface area contributed by atoms with Crippen molar-refractivity contribution < 1.29 is 17.6 Å². The van der Waals surface area contributed by atoms with Gasteiger partial charge in [0.25, 0.3) is 10.2 Å². The lowest BCUT2D eigenvalue weighted by atomic mass is 10.1. The summed E-state index contributed by atoms with van der Waals surface area (Å²) >= 11 is 5.99. The van der Waals surface area contributed by atoms with Crippen LogP contribution in [0.4, 0.5) is 10.1 Å². The van der Waals surface area contributed by atoms with Crippen LogP contribution in [0.5, 0.6) is 0 Å². The van der Waals surface area contributed by atoms with Gasteiger partial charge in [-0.25, -0.2) is 4.39 Å². The molecule has 0 saturated carbocycles. The first kappa shape index (κ1) is 20.7. The summed E-state index contributed by atoms with van der Waals surface area (Å²) in [7, 11) is -3.80. The minimum Gasteiger partial charge on any atom is -0.325 e. The zero-order valence-electron chi connectivity index (χ0n) is 15.4. The van der Waals surface area contributed by atoms with E-state index in [1.54, 1.807) is 12.1 Å². The Morgan fingerprint density at radius 2 is 1.82 bits per heavy atom. The molecule has 0 unspecified atom stereocenters. The molecule has 150 valence electrons. The summed E-state index contributed by atoms with van der Waals surface area (Å²) < 4.78 is 40.9. The number of carbonyl (C=O) groups excluding carboxylic acids is 1. The highest BCUT2D eigenvalue weighted by Crippen LogP contribution is 2.24. The lowest BCUT2D eigenvalue weighted by Crippen LogP contribution is -2.37. The number of carbonyl (C=O) groups is 1. The van der Waals surface area contributed by atoms with Gasteiger partial charge in [0.15, 0.2) is 0 Å². The summed E-state index contributed by atoms with van der Waals surface area (Å²) in [6, 6.07) is 11.2. The molecule has 1 fully saturated rings. The molecule has 2 aromatic carbocycles. The smallest absolute Gasteiger partial charge is 0.282 e. The molecule has 1 aliphatic rings. The average molecular weight is 426 g/mol. The number of nitrogens with zero attached hydrogens (tertiary/aromatic N) is 2. The standard InChI is InChI=1S/C19H21ClFN3O3S/c1-2-14-3-7-17(8-4-14)22-19(25)13-24-10-9-23(28(24,26)27)12-15-5-6-16(21)11-18(15)20/h3-8,11H,2,9-10,12-13H2,1H3,(H,22,25). The summed E-state index contributed by atoms with van der Waals surface area (Å²) in [5.74, 6) is -0.891. The molecule has 28 heavy (non-hydrogen) atoms. The highest BCUT2D eigenvalue weighted by Gasteiger charge is 2.37. The molecule has 0 atom stereocenters. The zero-order valence-corrected chi connectivity index (χ0v) is 16.9. The molecule has 9 heteroatoms. The Labute approximate surface area is 169 Å². The van der Waals surface area contributed by atoms with E-state index in [9.17, 15) is 17.6 Å². The van der Waals surface area contributed by atoms with Gasteiger partial charge in [0.05, 0.1) is 6.54 Å². The molecular formula is C19H21ClFN3O3S. The van der Waals surface area contributed by atoms with Crippen LogP contribution in [-0.2, 0) is 28.0 Å². The average Bonchev–Trinajstić information content (AvgIpc) is 2.92. The van der Waals surface area contributed by atoms with Crippen LogP contribution in [0.3, 0.4) is 0 Å². The SMILES string of the molecule is CCc1ccc(NC(=O)CN2CCN(Cc3ccc(F)cc3Cl)S2(=O)=O)cc1. The molecule has 1 saturated heterocycles. The van der Waals surface area contributed by atoms with Crippen LogP contribution in [0.25, 0.3) is 0 Å². The van der Waals surface area contributed by atoms with Crippen LogP contribution >= 0.6 is 11.6 Å². The fraction of sp³-hybridized carbons (Fsp3) is 0.316. The second-order valence-corrected chi connectivity index (χ2v) is 8.84. The van der Waals surface area contributed by atoms with Crippen molar-refractivity contribution >= 4 is 33.4 Å². The highest BCUT2D eigenvalue weighted by atomic mass is 35.5. The van der Waals surface area contributed by atoms with E-state index in [-0.39, 0.29) is 31.2 Å². The van der Waals surface area contributed by atoms with Crippen LogP contribution in [0.15, 0.2) is 42.5 Å². The van der Waals surface area contributed by atoms with Gasteiger partial charge in [-0.1, -0.05) is 36.7 Å². The van der Waals surface area contributed by atoms with E-state index in [1.165, 1.54) is 16.4 Å². The van der Waals surface area contributed by atoms with Crippen molar-refractivity contribution in [2.45, 2.75) is 19.9 Å². The maximum absolute atomic E-state index is 13.2. The Morgan fingerprint density at radius 3 is 2.46 bits per heavy atom. The number of hydrogen-bond donors (Lipinski definition) is 1. The van der Waals surface area contributed by atoms with Gasteiger partial charge in [-0.15, -0.1) is 0 Å². The van der Waals surface area contributed by atoms with Crippen LogP contribution in [0, 0.1) is 5.82 Å². The third kappa shape index (κ3) is 4.70.